The van der Waals surface area contributed by atoms with Gasteiger partial charge in [0.2, 0.25) is 0 Å². The molecule has 134 valence electrons. The van der Waals surface area contributed by atoms with Crippen molar-refractivity contribution in [2.45, 2.75) is 0 Å². The van der Waals surface area contributed by atoms with Crippen molar-refractivity contribution < 1.29 is 9.72 Å². The van der Waals surface area contributed by atoms with Crippen molar-refractivity contribution in [3.05, 3.63) is 92.5 Å². The van der Waals surface area contributed by atoms with Crippen LogP contribution in [0.3, 0.4) is 0 Å². The number of H-pyrrole nitrogens is 1. The first kappa shape index (κ1) is 17.7. The quantitative estimate of drug-likeness (QED) is 0.407. The normalized spacial score (nSPS) is 10.7. The lowest BCUT2D eigenvalue weighted by Crippen LogP contribution is -2.24. The number of amides is 1. The molecule has 2 N–H and O–H groups in total. The second-order valence-corrected chi connectivity index (χ2v) is 5.37. The molecular formula is C18H13N5O4. The summed E-state index contributed by atoms with van der Waals surface area (Å²) >= 11 is 0. The molecular weight excluding hydrogens is 350 g/mol. The number of carbonyl (C=O) groups excluding carboxylic acids is 1. The van der Waals surface area contributed by atoms with Crippen LogP contribution in [0.5, 0.6) is 0 Å². The van der Waals surface area contributed by atoms with E-state index in [0.29, 0.717) is 11.3 Å². The highest BCUT2D eigenvalue weighted by Crippen LogP contribution is 2.16. The SMILES string of the molecule is O=C(N/N=C/c1ccccc1[N+](=O)[O-])c1cc(-c2ccccc2)nc(=O)[nH]1. The van der Waals surface area contributed by atoms with Crippen LogP contribution in [0.4, 0.5) is 5.69 Å². The average molecular weight is 363 g/mol. The summed E-state index contributed by atoms with van der Waals surface area (Å²) in [6, 6.07) is 16.3. The molecule has 0 aliphatic heterocycles. The second kappa shape index (κ2) is 7.83. The number of rotatable bonds is 5. The standard InChI is InChI=1S/C18H13N5O4/c24-17(22-19-11-13-8-4-5-9-16(13)23(26)27)15-10-14(20-18(25)21-15)12-6-2-1-3-7-12/h1-11H,(H,22,24)(H,20,21,25)/b19-11+. The summed E-state index contributed by atoms with van der Waals surface area (Å²) in [6.07, 6.45) is 1.16. The van der Waals surface area contributed by atoms with E-state index in [1.165, 1.54) is 24.3 Å². The van der Waals surface area contributed by atoms with Crippen molar-refractivity contribution in [2.24, 2.45) is 5.10 Å². The summed E-state index contributed by atoms with van der Waals surface area (Å²) in [5.74, 6) is -0.679. The number of nitrogens with zero attached hydrogens (tertiary/aromatic N) is 3. The Morgan fingerprint density at radius 2 is 1.85 bits per heavy atom. The molecule has 1 aromatic heterocycles. The zero-order valence-corrected chi connectivity index (χ0v) is 13.8. The van der Waals surface area contributed by atoms with Gasteiger partial charge in [0.05, 0.1) is 22.4 Å². The van der Waals surface area contributed by atoms with Gasteiger partial charge in [0.15, 0.2) is 0 Å². The number of nitro groups is 1. The predicted molar refractivity (Wildman–Crippen MR) is 98.5 cm³/mol. The van der Waals surface area contributed by atoms with Gasteiger partial charge in [0, 0.05) is 11.6 Å². The molecule has 0 fully saturated rings. The number of para-hydroxylation sites is 1. The molecule has 0 unspecified atom stereocenters. The number of aromatic amines is 1. The van der Waals surface area contributed by atoms with Crippen LogP contribution in [0.2, 0.25) is 0 Å². The van der Waals surface area contributed by atoms with Crippen molar-refractivity contribution in [3.63, 3.8) is 0 Å². The van der Waals surface area contributed by atoms with Gasteiger partial charge in [-0.05, 0) is 12.1 Å². The van der Waals surface area contributed by atoms with E-state index in [1.54, 1.807) is 30.3 Å². The Kier molecular flexibility index (Phi) is 5.12. The van der Waals surface area contributed by atoms with Gasteiger partial charge < -0.3 is 4.98 Å². The first-order valence-corrected chi connectivity index (χ1v) is 7.78. The molecule has 0 atom stereocenters. The van der Waals surface area contributed by atoms with Gasteiger partial charge in [-0.3, -0.25) is 14.9 Å². The summed E-state index contributed by atoms with van der Waals surface area (Å²) in [5, 5.41) is 14.7. The largest absolute Gasteiger partial charge is 0.346 e. The van der Waals surface area contributed by atoms with E-state index in [-0.39, 0.29) is 16.9 Å². The van der Waals surface area contributed by atoms with Crippen molar-refractivity contribution in [3.8, 4) is 11.3 Å². The summed E-state index contributed by atoms with van der Waals surface area (Å²) in [4.78, 5) is 40.6. The van der Waals surface area contributed by atoms with Crippen LogP contribution in [0.1, 0.15) is 16.1 Å². The number of nitro benzene ring substituents is 1. The van der Waals surface area contributed by atoms with Gasteiger partial charge in [0.1, 0.15) is 5.69 Å². The van der Waals surface area contributed by atoms with Gasteiger partial charge in [-0.1, -0.05) is 42.5 Å². The molecule has 2 aromatic carbocycles. The monoisotopic (exact) mass is 363 g/mol. The summed E-state index contributed by atoms with van der Waals surface area (Å²) in [6.45, 7) is 0. The van der Waals surface area contributed by atoms with Crippen molar-refractivity contribution >= 4 is 17.8 Å². The van der Waals surface area contributed by atoms with E-state index >= 15 is 0 Å². The fourth-order valence-electron chi connectivity index (χ4n) is 2.32. The Morgan fingerprint density at radius 1 is 1.15 bits per heavy atom. The third-order valence-electron chi connectivity index (χ3n) is 3.56. The van der Waals surface area contributed by atoms with E-state index in [1.807, 2.05) is 6.07 Å². The summed E-state index contributed by atoms with van der Waals surface area (Å²) in [7, 11) is 0. The van der Waals surface area contributed by atoms with E-state index < -0.39 is 16.5 Å². The van der Waals surface area contributed by atoms with Crippen LogP contribution in [-0.2, 0) is 0 Å². The number of aromatic nitrogens is 2. The fourth-order valence-corrected chi connectivity index (χ4v) is 2.32. The molecule has 0 saturated heterocycles. The van der Waals surface area contributed by atoms with Crippen molar-refractivity contribution in [1.29, 1.82) is 0 Å². The van der Waals surface area contributed by atoms with E-state index in [9.17, 15) is 19.7 Å². The molecule has 0 radical (unpaired) electrons. The number of hydrazone groups is 1. The highest BCUT2D eigenvalue weighted by Gasteiger charge is 2.12. The number of hydrogen-bond donors (Lipinski definition) is 2. The minimum absolute atomic E-state index is 0.0337. The maximum atomic E-state index is 12.2. The van der Waals surface area contributed by atoms with Crippen LogP contribution >= 0.6 is 0 Å². The third kappa shape index (κ3) is 4.28. The third-order valence-corrected chi connectivity index (χ3v) is 3.56. The molecule has 27 heavy (non-hydrogen) atoms. The molecule has 0 aliphatic carbocycles. The molecule has 1 amide bonds. The lowest BCUT2D eigenvalue weighted by molar-refractivity contribution is -0.385. The lowest BCUT2D eigenvalue weighted by atomic mass is 10.1. The van der Waals surface area contributed by atoms with Gasteiger partial charge in [0.25, 0.3) is 11.6 Å². The highest BCUT2D eigenvalue weighted by molar-refractivity contribution is 5.94. The molecule has 1 heterocycles. The van der Waals surface area contributed by atoms with Crippen molar-refractivity contribution in [1.82, 2.24) is 15.4 Å². The van der Waals surface area contributed by atoms with E-state index in [0.717, 1.165) is 6.21 Å². The van der Waals surface area contributed by atoms with Crippen LogP contribution in [0, 0.1) is 10.1 Å². The topological polar surface area (TPSA) is 130 Å². The van der Waals surface area contributed by atoms with Crippen LogP contribution in [-0.4, -0.2) is 27.0 Å². The molecule has 0 saturated carbocycles. The molecule has 3 aromatic rings. The molecule has 0 spiro atoms. The minimum atomic E-state index is -0.679. The highest BCUT2D eigenvalue weighted by atomic mass is 16.6. The molecule has 9 heteroatoms. The van der Waals surface area contributed by atoms with Crippen LogP contribution in [0.25, 0.3) is 11.3 Å². The number of hydrogen-bond acceptors (Lipinski definition) is 6. The average Bonchev–Trinajstić information content (AvgIpc) is 2.68. The van der Waals surface area contributed by atoms with Gasteiger partial charge >= 0.3 is 5.69 Å². The maximum absolute atomic E-state index is 12.2. The Morgan fingerprint density at radius 3 is 2.59 bits per heavy atom. The minimum Gasteiger partial charge on any atom is -0.301 e. The summed E-state index contributed by atoms with van der Waals surface area (Å²) in [5.41, 5.74) is 2.63. The van der Waals surface area contributed by atoms with Gasteiger partial charge in [-0.25, -0.2) is 10.2 Å². The molecule has 0 aliphatic rings. The van der Waals surface area contributed by atoms with Crippen LogP contribution < -0.4 is 11.1 Å². The lowest BCUT2D eigenvalue weighted by Gasteiger charge is -2.03. The molecule has 0 bridgehead atoms. The van der Waals surface area contributed by atoms with Gasteiger partial charge in [-0.15, -0.1) is 0 Å². The fraction of sp³-hybridized carbons (Fsp3) is 0. The van der Waals surface area contributed by atoms with E-state index in [4.69, 9.17) is 0 Å². The second-order valence-electron chi connectivity index (χ2n) is 5.37. The summed E-state index contributed by atoms with van der Waals surface area (Å²) < 4.78 is 0. The number of nitrogens with one attached hydrogen (secondary N) is 2. The van der Waals surface area contributed by atoms with E-state index in [2.05, 4.69) is 20.5 Å². The zero-order chi connectivity index (χ0) is 19.2. The Bertz CT molecular complexity index is 1080. The number of carbonyl (C=O) groups is 1. The van der Waals surface area contributed by atoms with Crippen molar-refractivity contribution in [2.75, 3.05) is 0 Å². The first-order valence-electron chi connectivity index (χ1n) is 7.78. The molecule has 9 nitrogen and oxygen atoms in total. The smallest absolute Gasteiger partial charge is 0.301 e. The Balaban J connectivity index is 1.80. The molecule has 3 rings (SSSR count). The van der Waals surface area contributed by atoms with Gasteiger partial charge in [-0.2, -0.15) is 10.1 Å². The first-order chi connectivity index (χ1) is 13.0. The Labute approximate surface area is 152 Å². The predicted octanol–water partition coefficient (Wildman–Crippen LogP) is 2.11. The van der Waals surface area contributed by atoms with Crippen LogP contribution in [0.15, 0.2) is 70.6 Å². The Hall–Kier alpha value is -4.14. The zero-order valence-electron chi connectivity index (χ0n) is 13.8. The number of benzene rings is 2. The maximum Gasteiger partial charge on any atom is 0.346 e.